The Labute approximate surface area is 92.5 Å². The lowest BCUT2D eigenvalue weighted by Gasteiger charge is -2.06. The normalized spacial score (nSPS) is 10.5. The third kappa shape index (κ3) is 1.81. The topological polar surface area (TPSA) is 0 Å². The Morgan fingerprint density at radius 3 is 1.21 bits per heavy atom. The predicted octanol–water partition coefficient (Wildman–Crippen LogP) is 2.87. The fraction of sp³-hybridized carbons (Fsp3) is 0. The lowest BCUT2D eigenvalue weighted by molar-refractivity contribution is 0.384. The molecule has 8 heteroatoms. The second-order valence-electron chi connectivity index (χ2n) is 2.28. The molecule has 1 rings (SSSR count). The average molecular weight is 338 g/mol. The van der Waals surface area contributed by atoms with Crippen molar-refractivity contribution < 1.29 is 22.0 Å². The molecule has 0 saturated carbocycles. The summed E-state index contributed by atoms with van der Waals surface area (Å²) in [5.74, 6) is -9.77. The van der Waals surface area contributed by atoms with Crippen molar-refractivity contribution in [3.05, 3.63) is 29.1 Å². The Kier molecular flexibility index (Phi) is 3.57. The lowest BCUT2D eigenvalue weighted by Crippen LogP contribution is -2.29. The van der Waals surface area contributed by atoms with E-state index in [0.717, 1.165) is 0 Å². The van der Waals surface area contributed by atoms with Crippen LogP contribution in [0.4, 0.5) is 22.0 Å². The SMILES string of the molecule is Fc1c(F)c(F)c(B(Br)Br)c(F)c1F. The van der Waals surface area contributed by atoms with Crippen molar-refractivity contribution in [1.82, 2.24) is 0 Å². The van der Waals surface area contributed by atoms with Crippen LogP contribution in [0.5, 0.6) is 0 Å². The molecule has 0 radical (unpaired) electrons. The fourth-order valence-corrected chi connectivity index (χ4v) is 1.62. The zero-order valence-corrected chi connectivity index (χ0v) is 9.40. The summed E-state index contributed by atoms with van der Waals surface area (Å²) in [6, 6.07) is 0. The van der Waals surface area contributed by atoms with Gasteiger partial charge in [0.15, 0.2) is 29.1 Å². The monoisotopic (exact) mass is 336 g/mol. The first kappa shape index (κ1) is 12.0. The van der Waals surface area contributed by atoms with Crippen LogP contribution in [0.1, 0.15) is 0 Å². The van der Waals surface area contributed by atoms with Crippen molar-refractivity contribution in [3.63, 3.8) is 0 Å². The third-order valence-corrected chi connectivity index (χ3v) is 2.38. The van der Waals surface area contributed by atoms with E-state index in [9.17, 15) is 22.0 Å². The van der Waals surface area contributed by atoms with Gasteiger partial charge in [-0.3, -0.25) is 0 Å². The molecule has 1 aromatic rings. The smallest absolute Gasteiger partial charge is 0.204 e. The number of rotatable bonds is 1. The van der Waals surface area contributed by atoms with E-state index in [-0.39, 0.29) is 0 Å². The Bertz CT molecular complexity index is 352. The van der Waals surface area contributed by atoms with Crippen molar-refractivity contribution in [1.29, 1.82) is 0 Å². The second-order valence-corrected chi connectivity index (χ2v) is 5.34. The van der Waals surface area contributed by atoms with Crippen LogP contribution in [0.25, 0.3) is 0 Å². The van der Waals surface area contributed by atoms with Gasteiger partial charge in [-0.05, 0) is 0 Å². The van der Waals surface area contributed by atoms with Crippen LogP contribution in [-0.2, 0) is 0 Å². The molecule has 0 fully saturated rings. The Morgan fingerprint density at radius 2 is 0.929 bits per heavy atom. The minimum atomic E-state index is -2.16. The molecular weight excluding hydrogens is 338 g/mol. The minimum absolute atomic E-state index is 0.943. The maximum Gasteiger partial charge on any atom is 0.335 e. The van der Waals surface area contributed by atoms with E-state index >= 15 is 0 Å². The standard InChI is InChI=1S/C6BBr2F5/c8-7(9)1-2(10)4(12)6(14)5(13)3(1)11. The molecule has 0 atom stereocenters. The van der Waals surface area contributed by atoms with Gasteiger partial charge in [0, 0.05) is 5.46 Å². The van der Waals surface area contributed by atoms with Crippen LogP contribution in [0.15, 0.2) is 0 Å². The third-order valence-electron chi connectivity index (χ3n) is 1.46. The first-order valence-electron chi connectivity index (χ1n) is 3.17. The van der Waals surface area contributed by atoms with Gasteiger partial charge in [-0.25, -0.2) is 22.0 Å². The van der Waals surface area contributed by atoms with Crippen LogP contribution in [-0.4, -0.2) is 4.36 Å². The van der Waals surface area contributed by atoms with Gasteiger partial charge in [-0.2, -0.15) is 0 Å². The van der Waals surface area contributed by atoms with Gasteiger partial charge in [0.2, 0.25) is 0 Å². The lowest BCUT2D eigenvalue weighted by atomic mass is 9.93. The highest BCUT2D eigenvalue weighted by atomic mass is 79.9. The number of hydrogen-bond donors (Lipinski definition) is 0. The summed E-state index contributed by atoms with van der Waals surface area (Å²) in [6.07, 6.45) is 0. The van der Waals surface area contributed by atoms with Crippen molar-refractivity contribution in [3.8, 4) is 0 Å². The highest BCUT2D eigenvalue weighted by molar-refractivity contribution is 9.49. The average Bonchev–Trinajstić information content (AvgIpc) is 2.11. The molecule has 0 N–H and O–H groups in total. The molecule has 0 heterocycles. The Balaban J connectivity index is 3.60. The van der Waals surface area contributed by atoms with Crippen LogP contribution in [0.2, 0.25) is 0 Å². The largest absolute Gasteiger partial charge is 0.335 e. The molecule has 0 amide bonds. The van der Waals surface area contributed by atoms with Crippen LogP contribution >= 0.6 is 31.5 Å². The van der Waals surface area contributed by atoms with E-state index in [1.165, 1.54) is 0 Å². The highest BCUT2D eigenvalue weighted by Crippen LogP contribution is 2.19. The Morgan fingerprint density at radius 1 is 0.643 bits per heavy atom. The number of halogens is 7. The van der Waals surface area contributed by atoms with E-state index < -0.39 is 38.9 Å². The zero-order valence-electron chi connectivity index (χ0n) is 6.22. The van der Waals surface area contributed by atoms with Gasteiger partial charge in [0.1, 0.15) is 0 Å². The van der Waals surface area contributed by atoms with Crippen molar-refractivity contribution in [2.75, 3.05) is 0 Å². The molecule has 0 saturated heterocycles. The van der Waals surface area contributed by atoms with E-state index in [0.29, 0.717) is 0 Å². The predicted molar refractivity (Wildman–Crippen MR) is 49.5 cm³/mol. The highest BCUT2D eigenvalue weighted by Gasteiger charge is 2.29. The van der Waals surface area contributed by atoms with Gasteiger partial charge in [0.25, 0.3) is 0 Å². The molecule has 0 unspecified atom stereocenters. The zero-order chi connectivity index (χ0) is 11.0. The van der Waals surface area contributed by atoms with Gasteiger partial charge in [0.05, 0.1) is 0 Å². The molecular formula is C6BBr2F5. The van der Waals surface area contributed by atoms with Crippen molar-refractivity contribution in [2.45, 2.75) is 0 Å². The van der Waals surface area contributed by atoms with Gasteiger partial charge in [-0.15, -0.1) is 31.5 Å². The summed E-state index contributed by atoms with van der Waals surface area (Å²) in [4.78, 5) is 0. The van der Waals surface area contributed by atoms with E-state index in [1.54, 1.807) is 0 Å². The molecule has 0 aliphatic heterocycles. The summed E-state index contributed by atoms with van der Waals surface area (Å²) in [6.45, 7) is 0. The van der Waals surface area contributed by atoms with Gasteiger partial charge < -0.3 is 0 Å². The number of hydrogen-bond acceptors (Lipinski definition) is 0. The van der Waals surface area contributed by atoms with Crippen molar-refractivity contribution in [2.24, 2.45) is 0 Å². The fourth-order valence-electron chi connectivity index (χ4n) is 0.813. The van der Waals surface area contributed by atoms with E-state index in [1.807, 2.05) is 0 Å². The molecule has 0 aromatic heterocycles. The molecule has 1 aromatic carbocycles. The first-order valence-corrected chi connectivity index (χ1v) is 5.00. The molecule has 76 valence electrons. The second kappa shape index (κ2) is 4.18. The molecule has 0 nitrogen and oxygen atoms in total. The van der Waals surface area contributed by atoms with Crippen LogP contribution in [0, 0.1) is 29.1 Å². The maximum atomic E-state index is 12.9. The van der Waals surface area contributed by atoms with Crippen LogP contribution < -0.4 is 5.46 Å². The maximum absolute atomic E-state index is 12.9. The molecule has 0 bridgehead atoms. The van der Waals surface area contributed by atoms with Crippen LogP contribution in [0.3, 0.4) is 0 Å². The molecule has 0 aliphatic rings. The Hall–Kier alpha value is -0.105. The summed E-state index contributed by atoms with van der Waals surface area (Å²) < 4.78 is 62.2. The minimum Gasteiger partial charge on any atom is -0.204 e. The summed E-state index contributed by atoms with van der Waals surface area (Å²) in [5, 5.41) is 0. The molecule has 0 spiro atoms. The van der Waals surface area contributed by atoms with Gasteiger partial charge in [-0.1, -0.05) is 0 Å². The molecule has 0 aliphatic carbocycles. The van der Waals surface area contributed by atoms with E-state index in [2.05, 4.69) is 31.5 Å². The molecule has 14 heavy (non-hydrogen) atoms. The first-order chi connectivity index (χ1) is 6.37. The summed E-state index contributed by atoms with van der Waals surface area (Å²) in [7, 11) is 0. The van der Waals surface area contributed by atoms with E-state index in [4.69, 9.17) is 0 Å². The van der Waals surface area contributed by atoms with Gasteiger partial charge >= 0.3 is 4.36 Å². The van der Waals surface area contributed by atoms with Crippen molar-refractivity contribution >= 4 is 41.3 Å². The number of benzene rings is 1. The summed E-state index contributed by atoms with van der Waals surface area (Å²) in [5.41, 5.74) is -0.943. The summed E-state index contributed by atoms with van der Waals surface area (Å²) >= 11 is 5.32. The quantitative estimate of drug-likeness (QED) is 0.320.